The Hall–Kier alpha value is -0.656. The van der Waals surface area contributed by atoms with Crippen molar-refractivity contribution in [3.63, 3.8) is 0 Å². The predicted molar refractivity (Wildman–Crippen MR) is 63.9 cm³/mol. The molecule has 0 saturated carbocycles. The molecule has 0 aliphatic rings. The molecule has 0 unspecified atom stereocenters. The van der Waals surface area contributed by atoms with Gasteiger partial charge in [0.05, 0.1) is 0 Å². The van der Waals surface area contributed by atoms with Crippen LogP contribution >= 0.6 is 0 Å². The van der Waals surface area contributed by atoms with Crippen molar-refractivity contribution in [3.05, 3.63) is 54.6 Å². The smallest absolute Gasteiger partial charge is 0 e. The molecule has 0 saturated heterocycles. The third kappa shape index (κ3) is 3.17. The second-order valence-electron chi connectivity index (χ2n) is 3.63. The minimum Gasteiger partial charge on any atom is -0.416 e. The van der Waals surface area contributed by atoms with Gasteiger partial charge in [0.25, 0.3) is 0 Å². The van der Waals surface area contributed by atoms with Crippen LogP contribution in [0.2, 0.25) is 0 Å². The van der Waals surface area contributed by atoms with Gasteiger partial charge in [0.15, 0.2) is 0 Å². The minimum atomic E-state index is 0. The molecule has 16 heavy (non-hydrogen) atoms. The van der Waals surface area contributed by atoms with Gasteiger partial charge in [-0.05, 0) is 19.8 Å². The molecule has 79 valence electrons. The maximum Gasteiger partial charge on any atom is 0 e. The van der Waals surface area contributed by atoms with E-state index in [1.807, 2.05) is 44.4 Å². The zero-order valence-corrected chi connectivity index (χ0v) is 12.4. The molecule has 0 N–H and O–H groups in total. The Labute approximate surface area is 122 Å². The monoisotopic (exact) mass is 284 g/mol. The maximum atomic E-state index is 3.26. The first-order valence-corrected chi connectivity index (χ1v) is 4.93. The van der Waals surface area contributed by atoms with Crippen LogP contribution in [0.1, 0.15) is 0 Å². The van der Waals surface area contributed by atoms with Crippen LogP contribution in [-0.4, -0.2) is 14.1 Å². The maximum absolute atomic E-state index is 3.26. The van der Waals surface area contributed by atoms with Crippen LogP contribution in [0.5, 0.6) is 0 Å². The van der Waals surface area contributed by atoms with Gasteiger partial charge in [-0.2, -0.15) is 36.4 Å². The summed E-state index contributed by atoms with van der Waals surface area (Å²) >= 11 is 0. The average molecular weight is 284 g/mol. The first-order chi connectivity index (χ1) is 7.27. The Morgan fingerprint density at radius 1 is 0.938 bits per heavy atom. The Balaban J connectivity index is 0.00000128. The molecule has 0 aliphatic carbocycles. The van der Waals surface area contributed by atoms with Crippen molar-refractivity contribution >= 4 is 5.69 Å². The van der Waals surface area contributed by atoms with Crippen molar-refractivity contribution < 1.29 is 32.7 Å². The van der Waals surface area contributed by atoms with E-state index >= 15 is 0 Å². The molecule has 0 fully saturated rings. The van der Waals surface area contributed by atoms with Crippen molar-refractivity contribution in [3.8, 4) is 11.1 Å². The number of hydrogen-bond acceptors (Lipinski definition) is 1. The van der Waals surface area contributed by atoms with E-state index in [1.165, 1.54) is 0 Å². The number of hydrogen-bond donors (Lipinski definition) is 0. The van der Waals surface area contributed by atoms with Gasteiger partial charge in [0, 0.05) is 32.7 Å². The molecule has 2 heteroatoms. The SMILES string of the molecule is CN(C)c1c[c-]c(-c2[c-]cccc2)cc1.[Y]. The van der Waals surface area contributed by atoms with Crippen molar-refractivity contribution in [1.29, 1.82) is 0 Å². The Bertz CT molecular complexity index is 420. The third-order valence-electron chi connectivity index (χ3n) is 2.31. The molecule has 0 heterocycles. The van der Waals surface area contributed by atoms with Crippen LogP contribution in [-0.2, 0) is 32.7 Å². The molecule has 0 aromatic heterocycles. The molecule has 2 rings (SSSR count). The van der Waals surface area contributed by atoms with Crippen molar-refractivity contribution in [1.82, 2.24) is 0 Å². The largest absolute Gasteiger partial charge is 0.416 e. The zero-order valence-electron chi connectivity index (χ0n) is 9.57. The summed E-state index contributed by atoms with van der Waals surface area (Å²) in [4.78, 5) is 2.06. The summed E-state index contributed by atoms with van der Waals surface area (Å²) in [6.45, 7) is 0. The molecule has 0 atom stereocenters. The van der Waals surface area contributed by atoms with Crippen molar-refractivity contribution in [2.45, 2.75) is 0 Å². The molecule has 2 aromatic rings. The van der Waals surface area contributed by atoms with Gasteiger partial charge in [-0.1, -0.05) is 0 Å². The zero-order chi connectivity index (χ0) is 10.7. The first kappa shape index (κ1) is 13.4. The number of anilines is 1. The van der Waals surface area contributed by atoms with Gasteiger partial charge in [-0.3, -0.25) is 0 Å². The van der Waals surface area contributed by atoms with Gasteiger partial charge >= 0.3 is 0 Å². The molecule has 0 bridgehead atoms. The summed E-state index contributed by atoms with van der Waals surface area (Å²) in [7, 11) is 4.05. The molecule has 1 nitrogen and oxygen atoms in total. The van der Waals surface area contributed by atoms with Crippen LogP contribution in [0.4, 0.5) is 5.69 Å². The number of rotatable bonds is 2. The van der Waals surface area contributed by atoms with Gasteiger partial charge < -0.3 is 4.90 Å². The summed E-state index contributed by atoms with van der Waals surface area (Å²) < 4.78 is 0. The summed E-state index contributed by atoms with van der Waals surface area (Å²) in [5.74, 6) is 0. The molecule has 1 radical (unpaired) electrons. The van der Waals surface area contributed by atoms with Gasteiger partial charge in [-0.25, -0.2) is 11.1 Å². The van der Waals surface area contributed by atoms with Crippen LogP contribution in [0.3, 0.4) is 0 Å². The van der Waals surface area contributed by atoms with E-state index in [1.54, 1.807) is 0 Å². The summed E-state index contributed by atoms with van der Waals surface area (Å²) in [6.07, 6.45) is 0. The standard InChI is InChI=1S/C14H13N.Y/c1-15(2)14-10-8-13(9-11-14)12-6-4-3-5-7-12;/h3-6,8,10-11H,1-2H3;/q-2;. The fourth-order valence-electron chi connectivity index (χ4n) is 1.42. The Morgan fingerprint density at radius 2 is 1.69 bits per heavy atom. The normalized spacial score (nSPS) is 9.38. The average Bonchev–Trinajstić information content (AvgIpc) is 2.30. The van der Waals surface area contributed by atoms with E-state index in [-0.39, 0.29) is 32.7 Å². The minimum absolute atomic E-state index is 0. The van der Waals surface area contributed by atoms with E-state index in [4.69, 9.17) is 0 Å². The summed E-state index contributed by atoms with van der Waals surface area (Å²) in [5.41, 5.74) is 3.33. The quantitative estimate of drug-likeness (QED) is 0.766. The second kappa shape index (κ2) is 6.17. The summed E-state index contributed by atoms with van der Waals surface area (Å²) in [6, 6.07) is 20.6. The molecule has 0 spiro atoms. The van der Waals surface area contributed by atoms with Crippen LogP contribution in [0.25, 0.3) is 11.1 Å². The molecular formula is C14H13NY-2. The number of nitrogens with zero attached hydrogens (tertiary/aromatic N) is 1. The second-order valence-corrected chi connectivity index (χ2v) is 3.63. The summed E-state index contributed by atoms with van der Waals surface area (Å²) in [5, 5.41) is 0. The van der Waals surface area contributed by atoms with E-state index in [0.29, 0.717) is 0 Å². The molecule has 0 amide bonds. The van der Waals surface area contributed by atoms with Gasteiger partial charge in [0.2, 0.25) is 0 Å². The van der Waals surface area contributed by atoms with Crippen LogP contribution in [0.15, 0.2) is 42.5 Å². The van der Waals surface area contributed by atoms with Crippen molar-refractivity contribution in [2.75, 3.05) is 19.0 Å². The van der Waals surface area contributed by atoms with Gasteiger partial charge in [-0.15, -0.1) is 18.2 Å². The first-order valence-electron chi connectivity index (χ1n) is 4.93. The topological polar surface area (TPSA) is 3.24 Å². The van der Waals surface area contributed by atoms with Gasteiger partial charge in [0.1, 0.15) is 0 Å². The Morgan fingerprint density at radius 3 is 2.19 bits per heavy atom. The van der Waals surface area contributed by atoms with E-state index < -0.39 is 0 Å². The van der Waals surface area contributed by atoms with Crippen LogP contribution in [0, 0.1) is 12.1 Å². The Kier molecular flexibility index (Phi) is 5.17. The third-order valence-corrected chi connectivity index (χ3v) is 2.31. The molecular weight excluding hydrogens is 271 g/mol. The number of benzene rings is 2. The fourth-order valence-corrected chi connectivity index (χ4v) is 1.42. The predicted octanol–water partition coefficient (Wildman–Crippen LogP) is 3.02. The van der Waals surface area contributed by atoms with E-state index in [9.17, 15) is 0 Å². The molecule has 2 aromatic carbocycles. The molecule has 0 aliphatic heterocycles. The van der Waals surface area contributed by atoms with E-state index in [2.05, 4.69) is 29.2 Å². The van der Waals surface area contributed by atoms with Crippen molar-refractivity contribution in [2.24, 2.45) is 0 Å². The van der Waals surface area contributed by atoms with Crippen LogP contribution < -0.4 is 4.90 Å². The fraction of sp³-hybridized carbons (Fsp3) is 0.143. The van der Waals surface area contributed by atoms with E-state index in [0.717, 1.165) is 16.8 Å².